The van der Waals surface area contributed by atoms with Crippen LogP contribution in [0.15, 0.2) is 61.3 Å². The number of Topliss-reactive ketones (excluding diaryl/α,β-unsaturated/α-hetero) is 2. The molecule has 0 spiro atoms. The summed E-state index contributed by atoms with van der Waals surface area (Å²) in [6.45, 7) is 5.96. The van der Waals surface area contributed by atoms with Crippen molar-refractivity contribution >= 4 is 17.3 Å². The molecule has 234 valence electrons. The average molecular weight is 627 g/mol. The number of halogens is 6. The molecule has 2 aromatic carbocycles. The van der Waals surface area contributed by atoms with E-state index in [-0.39, 0.29) is 47.3 Å². The smallest absolute Gasteiger partial charge is 0.399 e. The molecule has 0 radical (unpaired) electrons. The van der Waals surface area contributed by atoms with E-state index in [1.165, 1.54) is 38.2 Å². The number of ketones is 2. The number of aromatic nitrogens is 3. The summed E-state index contributed by atoms with van der Waals surface area (Å²) < 4.78 is 85.3. The van der Waals surface area contributed by atoms with E-state index in [0.29, 0.717) is 22.9 Å². The number of hydrogen-bond acceptors (Lipinski definition) is 5. The van der Waals surface area contributed by atoms with Crippen LogP contribution >= 0.6 is 0 Å². The molecule has 0 amide bonds. The maximum absolute atomic E-state index is 14.4. The number of carbonyl (C=O) groups is 2. The zero-order valence-corrected chi connectivity index (χ0v) is 24.3. The first-order valence-electron chi connectivity index (χ1n) is 13.9. The third kappa shape index (κ3) is 6.40. The van der Waals surface area contributed by atoms with Crippen molar-refractivity contribution in [3.05, 3.63) is 113 Å². The Labute approximate surface area is 254 Å². The van der Waals surface area contributed by atoms with Gasteiger partial charge >= 0.3 is 6.18 Å². The molecule has 0 saturated carbocycles. The van der Waals surface area contributed by atoms with Crippen LogP contribution in [0.5, 0.6) is 0 Å². The third-order valence-electron chi connectivity index (χ3n) is 7.82. The first-order chi connectivity index (χ1) is 21.0. The van der Waals surface area contributed by atoms with Crippen molar-refractivity contribution in [3.63, 3.8) is 0 Å². The normalized spacial score (nSPS) is 14.8. The van der Waals surface area contributed by atoms with Gasteiger partial charge < -0.3 is 5.73 Å². The zero-order valence-electron chi connectivity index (χ0n) is 24.3. The lowest BCUT2D eigenvalue weighted by Crippen LogP contribution is -2.21. The Hall–Kier alpha value is -4.74. The van der Waals surface area contributed by atoms with Gasteiger partial charge in [-0.05, 0) is 47.9 Å². The summed E-state index contributed by atoms with van der Waals surface area (Å²) in [4.78, 5) is 30.9. The van der Waals surface area contributed by atoms with Gasteiger partial charge in [0.1, 0.15) is 29.7 Å². The molecule has 0 bridgehead atoms. The summed E-state index contributed by atoms with van der Waals surface area (Å²) >= 11 is 0. The van der Waals surface area contributed by atoms with Gasteiger partial charge in [0, 0.05) is 58.8 Å². The summed E-state index contributed by atoms with van der Waals surface area (Å²) in [5.41, 5.74) is 4.37. The number of alkyl halides is 3. The average Bonchev–Trinajstić information content (AvgIpc) is 3.43. The molecule has 0 saturated heterocycles. The van der Waals surface area contributed by atoms with Crippen molar-refractivity contribution in [2.24, 2.45) is 5.73 Å². The first-order valence-corrected chi connectivity index (χ1v) is 13.9. The molecular weight excluding hydrogens is 598 g/mol. The molecule has 6 nitrogen and oxygen atoms in total. The Morgan fingerprint density at radius 2 is 1.78 bits per heavy atom. The van der Waals surface area contributed by atoms with E-state index in [4.69, 9.17) is 5.73 Å². The number of pyridine rings is 1. The maximum atomic E-state index is 14.4. The maximum Gasteiger partial charge on any atom is 0.435 e. The summed E-state index contributed by atoms with van der Waals surface area (Å²) in [7, 11) is 0. The minimum atomic E-state index is -4.85. The second-order valence-electron chi connectivity index (χ2n) is 11.8. The highest BCUT2D eigenvalue weighted by Gasteiger charge is 2.49. The van der Waals surface area contributed by atoms with E-state index < -0.39 is 58.8 Å². The van der Waals surface area contributed by atoms with Gasteiger partial charge in [-0.2, -0.15) is 18.3 Å². The highest BCUT2D eigenvalue weighted by Crippen LogP contribution is 2.45. The molecule has 5 rings (SSSR count). The zero-order chi connectivity index (χ0) is 32.8. The lowest BCUT2D eigenvalue weighted by atomic mass is 9.86. The van der Waals surface area contributed by atoms with Crippen LogP contribution in [0.1, 0.15) is 71.2 Å². The molecule has 1 aliphatic rings. The lowest BCUT2D eigenvalue weighted by molar-refractivity contribution is -0.142. The number of rotatable bonds is 9. The summed E-state index contributed by atoms with van der Waals surface area (Å²) in [5.74, 6) is -4.29. The fraction of sp³-hybridized carbons (Fsp3) is 0.273. The van der Waals surface area contributed by atoms with Gasteiger partial charge in [-0.1, -0.05) is 32.6 Å². The minimum Gasteiger partial charge on any atom is -0.399 e. The van der Waals surface area contributed by atoms with Crippen LogP contribution in [0.25, 0.3) is 16.8 Å². The molecule has 1 atom stereocenters. The van der Waals surface area contributed by atoms with Crippen molar-refractivity contribution in [1.29, 1.82) is 0 Å². The molecule has 0 aliphatic heterocycles. The van der Waals surface area contributed by atoms with Crippen molar-refractivity contribution in [3.8, 4) is 11.1 Å². The van der Waals surface area contributed by atoms with Crippen molar-refractivity contribution in [2.75, 3.05) is 0 Å². The molecule has 12 heteroatoms. The lowest BCUT2D eigenvalue weighted by Gasteiger charge is -2.20. The van der Waals surface area contributed by atoms with E-state index >= 15 is 0 Å². The first kappa shape index (κ1) is 31.7. The standard InChI is InChI=1S/C33H28F6N4O2/c1-17(40)25-13-19(6-7-26(25)36)24-5-4-8-41-29(24)20(9-18-10-21(34)14-22(35)11-18)12-23(44)16-43-30-27(45)15-32(2,3)28(30)31(42-43)33(37,38)39/h4-8,10-11,13-14,20H,1,9,12,15-16,40H2,2-3H3/t20-/m1/s1. The van der Waals surface area contributed by atoms with E-state index in [2.05, 4.69) is 16.7 Å². The number of fused-ring (bicyclic) bond motifs is 1. The fourth-order valence-corrected chi connectivity index (χ4v) is 5.98. The molecule has 2 aromatic heterocycles. The van der Waals surface area contributed by atoms with E-state index in [0.717, 1.165) is 16.8 Å². The number of carbonyl (C=O) groups excluding carboxylic acids is 2. The predicted molar refractivity (Wildman–Crippen MR) is 154 cm³/mol. The number of nitrogens with two attached hydrogens (primary N) is 1. The van der Waals surface area contributed by atoms with Crippen LogP contribution in [0.4, 0.5) is 26.3 Å². The Balaban J connectivity index is 1.56. The Kier molecular flexibility index (Phi) is 8.20. The quantitative estimate of drug-likeness (QED) is 0.199. The highest BCUT2D eigenvalue weighted by atomic mass is 19.4. The van der Waals surface area contributed by atoms with Gasteiger partial charge in [0.15, 0.2) is 17.3 Å². The van der Waals surface area contributed by atoms with Crippen LogP contribution in [0.3, 0.4) is 0 Å². The second-order valence-corrected chi connectivity index (χ2v) is 11.8. The largest absolute Gasteiger partial charge is 0.435 e. The van der Waals surface area contributed by atoms with Gasteiger partial charge in [-0.3, -0.25) is 19.3 Å². The summed E-state index contributed by atoms with van der Waals surface area (Å²) in [5, 5.41) is 3.66. The van der Waals surface area contributed by atoms with E-state index in [1.807, 2.05) is 0 Å². The van der Waals surface area contributed by atoms with Gasteiger partial charge in [-0.15, -0.1) is 0 Å². The van der Waals surface area contributed by atoms with Crippen LogP contribution in [-0.2, 0) is 29.4 Å². The summed E-state index contributed by atoms with van der Waals surface area (Å²) in [6.07, 6.45) is -3.99. The Morgan fingerprint density at radius 3 is 2.42 bits per heavy atom. The monoisotopic (exact) mass is 626 g/mol. The Bertz CT molecular complexity index is 1820. The molecule has 2 N–H and O–H groups in total. The molecule has 45 heavy (non-hydrogen) atoms. The summed E-state index contributed by atoms with van der Waals surface area (Å²) in [6, 6.07) is 10.3. The SMILES string of the molecule is C=C(N)c1cc(-c2cccnc2[C@@H](CC(=O)Cn2nc(C(F)(F)F)c3c2C(=O)CC3(C)C)Cc2cc(F)cc(F)c2)ccc1F. The number of hydrogen-bond donors (Lipinski definition) is 1. The van der Waals surface area contributed by atoms with Gasteiger partial charge in [0.2, 0.25) is 0 Å². The van der Waals surface area contributed by atoms with Crippen LogP contribution in [0.2, 0.25) is 0 Å². The molecular formula is C33H28F6N4O2. The van der Waals surface area contributed by atoms with Crippen LogP contribution < -0.4 is 5.73 Å². The third-order valence-corrected chi connectivity index (χ3v) is 7.82. The minimum absolute atomic E-state index is 0.0236. The molecule has 0 unspecified atom stereocenters. The number of nitrogens with zero attached hydrogens (tertiary/aromatic N) is 3. The predicted octanol–water partition coefficient (Wildman–Crippen LogP) is 7.16. The van der Waals surface area contributed by atoms with Gasteiger partial charge in [0.25, 0.3) is 0 Å². The van der Waals surface area contributed by atoms with E-state index in [1.54, 1.807) is 12.1 Å². The van der Waals surface area contributed by atoms with Crippen molar-refractivity contribution < 1.29 is 35.9 Å². The second kappa shape index (κ2) is 11.6. The van der Waals surface area contributed by atoms with E-state index in [9.17, 15) is 35.9 Å². The fourth-order valence-electron chi connectivity index (χ4n) is 5.98. The van der Waals surface area contributed by atoms with Crippen LogP contribution in [-0.4, -0.2) is 26.3 Å². The molecule has 4 aromatic rings. The van der Waals surface area contributed by atoms with Crippen molar-refractivity contribution in [2.45, 2.75) is 57.2 Å². The van der Waals surface area contributed by atoms with Gasteiger partial charge in [0.05, 0.1) is 5.69 Å². The van der Waals surface area contributed by atoms with Crippen molar-refractivity contribution in [1.82, 2.24) is 14.8 Å². The van der Waals surface area contributed by atoms with Gasteiger partial charge in [-0.25, -0.2) is 13.2 Å². The molecule has 0 fully saturated rings. The number of benzene rings is 2. The Morgan fingerprint density at radius 1 is 1.09 bits per heavy atom. The molecule has 2 heterocycles. The van der Waals surface area contributed by atoms with Crippen LogP contribution in [0, 0.1) is 17.5 Å². The highest BCUT2D eigenvalue weighted by molar-refractivity contribution is 6.01. The topological polar surface area (TPSA) is 90.9 Å². The molecule has 1 aliphatic carbocycles.